The summed E-state index contributed by atoms with van der Waals surface area (Å²) in [7, 11) is -10.6. The second-order valence-corrected chi connectivity index (χ2v) is 21.2. The van der Waals surface area contributed by atoms with Crippen LogP contribution in [0, 0.1) is 0 Å². The van der Waals surface area contributed by atoms with Crippen molar-refractivity contribution in [3.8, 4) is 0 Å². The number of rotatable bonds is 41. The molecule has 16 nitrogen and oxygen atoms in total. The van der Waals surface area contributed by atoms with E-state index in [9.17, 15) is 38.7 Å². The van der Waals surface area contributed by atoms with Crippen LogP contribution in [0.3, 0.4) is 0 Å². The van der Waals surface area contributed by atoms with Gasteiger partial charge in [0.25, 0.3) is 0 Å². The van der Waals surface area contributed by atoms with Crippen LogP contribution >= 0.6 is 27.4 Å². The number of esters is 1. The minimum atomic E-state index is -5.32. The smallest absolute Gasteiger partial charge is 0.459 e. The zero-order valence-corrected chi connectivity index (χ0v) is 47.0. The van der Waals surface area contributed by atoms with Crippen molar-refractivity contribution in [3.05, 3.63) is 22.7 Å². The quantitative estimate of drug-likeness (QED) is 0.0266. The average Bonchev–Trinajstić information content (AvgIpc) is 3.51. The number of nitrogen functional groups attached to an aromatic ring is 1. The predicted molar refractivity (Wildman–Crippen MR) is 249 cm³/mol. The number of carbonyl (C=O) groups excluding carboxylic acids is 1. The first-order valence-electron chi connectivity index (χ1n) is 24.1. The fraction of sp³-hybridized carbons (Fsp3) is 0.886. The maximum absolute atomic E-state index is 12.9. The Bertz CT molecular complexity index is 1510. The van der Waals surface area contributed by atoms with Crippen molar-refractivity contribution < 1.29 is 116 Å². The van der Waals surface area contributed by atoms with Gasteiger partial charge in [0.1, 0.15) is 30.2 Å². The molecule has 0 radical (unpaired) electrons. The molecule has 1 aromatic rings. The second-order valence-electron chi connectivity index (χ2n) is 17.0. The van der Waals surface area contributed by atoms with Crippen LogP contribution in [0.1, 0.15) is 200 Å². The minimum Gasteiger partial charge on any atom is -0.459 e. The summed E-state index contributed by atoms with van der Waals surface area (Å²) in [5.74, 6) is 0.544. The Labute approximate surface area is 438 Å². The molecule has 7 atom stereocenters. The number of aliphatic hydroxyl groups is 2. The molecule has 1 saturated heterocycles. The molecule has 6 N–H and O–H groups in total. The van der Waals surface area contributed by atoms with Crippen molar-refractivity contribution in [3.63, 3.8) is 0 Å². The van der Waals surface area contributed by atoms with Crippen LogP contribution in [-0.2, 0) is 36.8 Å². The molecule has 2 rings (SSSR count). The fourth-order valence-electron chi connectivity index (χ4n) is 7.50. The summed E-state index contributed by atoms with van der Waals surface area (Å²) < 4.78 is 51.9. The van der Waals surface area contributed by atoms with E-state index in [1.54, 1.807) is 0 Å². The Balaban J connectivity index is 0.0000205. The third-order valence-corrected chi connectivity index (χ3v) is 15.0. The van der Waals surface area contributed by atoms with Crippen LogP contribution < -0.4 is 70.5 Å². The van der Waals surface area contributed by atoms with Crippen LogP contribution in [-0.4, -0.2) is 84.7 Å². The molecule has 2 heterocycles. The largest absolute Gasteiger partial charge is 1.00 e. The number of hydrogen-bond acceptors (Lipinski definition) is 14. The third kappa shape index (κ3) is 32.3. The number of hydrogen-bond donors (Lipinski definition) is 5. The van der Waals surface area contributed by atoms with E-state index in [0.29, 0.717) is 6.42 Å². The van der Waals surface area contributed by atoms with Gasteiger partial charge in [-0.15, -0.1) is 0 Å². The Morgan fingerprint density at radius 1 is 0.738 bits per heavy atom. The zero-order valence-electron chi connectivity index (χ0n) is 40.4. The van der Waals surface area contributed by atoms with Gasteiger partial charge in [0.05, 0.1) is 13.2 Å². The number of carbonyl (C=O) groups is 1. The van der Waals surface area contributed by atoms with Crippen molar-refractivity contribution in [2.24, 2.45) is 0 Å². The van der Waals surface area contributed by atoms with Gasteiger partial charge in [-0.1, -0.05) is 174 Å². The number of thioether (sulfide) groups is 1. The van der Waals surface area contributed by atoms with E-state index < -0.39 is 71.2 Å². The normalized spacial score (nSPS) is 19.5. The molecular weight excluding hydrogens is 918 g/mol. The summed E-state index contributed by atoms with van der Waals surface area (Å²) in [6.07, 6.45) is 27.1. The van der Waals surface area contributed by atoms with Crippen molar-refractivity contribution in [2.75, 3.05) is 30.5 Å². The van der Waals surface area contributed by atoms with E-state index in [2.05, 4.69) is 23.1 Å². The van der Waals surface area contributed by atoms with Gasteiger partial charge in [-0.2, -0.15) is 21.1 Å². The van der Waals surface area contributed by atoms with Gasteiger partial charge in [-0.3, -0.25) is 18.4 Å². The summed E-state index contributed by atoms with van der Waals surface area (Å²) in [4.78, 5) is 49.3. The number of anilines is 1. The molecule has 0 spiro atoms. The fourth-order valence-corrected chi connectivity index (χ4v) is 10.6. The van der Waals surface area contributed by atoms with Gasteiger partial charge >= 0.3 is 86.4 Å². The van der Waals surface area contributed by atoms with Gasteiger partial charge < -0.3 is 35.2 Å². The van der Waals surface area contributed by atoms with E-state index in [4.69, 9.17) is 24.3 Å². The van der Waals surface area contributed by atoms with Gasteiger partial charge in [-0.05, 0) is 24.7 Å². The Morgan fingerprint density at radius 3 is 1.66 bits per heavy atom. The maximum atomic E-state index is 12.9. The predicted octanol–water partition coefficient (Wildman–Crippen LogP) is 4.31. The van der Waals surface area contributed by atoms with Crippen molar-refractivity contribution >= 4 is 39.2 Å². The summed E-state index contributed by atoms with van der Waals surface area (Å²) in [5, 5.41) is 20.9. The van der Waals surface area contributed by atoms with Crippen LogP contribution in [0.5, 0.6) is 0 Å². The molecule has 1 fully saturated rings. The molecule has 1 aliphatic rings. The van der Waals surface area contributed by atoms with E-state index in [1.807, 2.05) is 0 Å². The zero-order chi connectivity index (χ0) is 46.2. The molecular formula is C44H83N3Na2O13P2S+2. The van der Waals surface area contributed by atoms with Gasteiger partial charge in [0.15, 0.2) is 6.23 Å². The van der Waals surface area contributed by atoms with E-state index in [0.717, 1.165) is 48.8 Å². The number of nitrogens with zero attached hydrogens (tertiary/aromatic N) is 2. The Morgan fingerprint density at radius 2 is 1.18 bits per heavy atom. The summed E-state index contributed by atoms with van der Waals surface area (Å²) >= 11 is 1.53. The van der Waals surface area contributed by atoms with Crippen LogP contribution in [0.4, 0.5) is 5.82 Å². The van der Waals surface area contributed by atoms with Crippen LogP contribution in [0.15, 0.2) is 17.1 Å². The van der Waals surface area contributed by atoms with Crippen molar-refractivity contribution in [1.29, 1.82) is 0 Å². The van der Waals surface area contributed by atoms with Crippen LogP contribution in [0.25, 0.3) is 0 Å². The first kappa shape index (κ1) is 65.6. The van der Waals surface area contributed by atoms with Gasteiger partial charge in [-0.25, -0.2) is 13.9 Å². The number of ether oxygens (including phenoxy) is 2. The molecule has 0 bridgehead atoms. The average molecular weight is 1000 g/mol. The molecule has 21 heteroatoms. The number of aliphatic hydroxyl groups excluding tert-OH is 2. The molecule has 0 saturated carbocycles. The number of aromatic nitrogens is 2. The monoisotopic (exact) mass is 1000 g/mol. The molecule has 1 aromatic heterocycles. The first-order valence-corrected chi connectivity index (χ1v) is 28.2. The molecule has 1 aliphatic heterocycles. The molecule has 0 aromatic carbocycles. The van der Waals surface area contributed by atoms with E-state index in [1.165, 1.54) is 152 Å². The maximum Gasteiger partial charge on any atom is 1.00 e. The topological polar surface area (TPSA) is 239 Å². The Kier molecular flexibility index (Phi) is 40.7. The summed E-state index contributed by atoms with van der Waals surface area (Å²) in [5.41, 5.74) is 4.62. The first-order chi connectivity index (χ1) is 30.3. The number of nitrogens with two attached hydrogens (primary N) is 1. The van der Waals surface area contributed by atoms with E-state index in [-0.39, 0.29) is 77.1 Å². The number of unbranched alkanes of at least 4 members (excludes halogenated alkanes) is 25. The van der Waals surface area contributed by atoms with Crippen molar-refractivity contribution in [2.45, 2.75) is 224 Å². The summed E-state index contributed by atoms with van der Waals surface area (Å²) in [6.45, 7) is 3.02. The molecule has 0 amide bonds. The number of phosphoric ester groups is 2. The van der Waals surface area contributed by atoms with E-state index >= 15 is 0 Å². The molecule has 65 heavy (non-hydrogen) atoms. The molecule has 368 valence electrons. The SMILES string of the molecule is CCCCCCCCCCCCCCCCSCC(COP(=O)(O)OP(=O)(O)OC[C@H]1O[C@@H](n2ccc(N)nc2=O)[C@@H](O)[C@@H]1O)OC(=O)CCCCCCCCCCCCCCC.[Na+].[Na+]. The molecule has 0 aliphatic carbocycles. The standard InChI is InChI=1S/C44H83N3O13P2S.2Na/c1-3-5-7-9-11-13-15-17-19-21-23-25-27-29-33-63-36-37(58-40(48)30-28-26-24-22-20-18-16-14-12-10-8-6-4-2)34-56-61(52,53)60-62(54,55)57-35-38-41(49)42(50)43(59-38)47-32-31-39(45)46-44(47)51;;/h31-32,37-38,41-43,49-50H,3-30,33-36H2,1-2H3,(H,52,53)(H,54,55)(H2,45,46,51);;/q;2*+1/t37?,38-,41-,42+,43-;;/m1../s1. The van der Waals surface area contributed by atoms with Crippen molar-refractivity contribution in [1.82, 2.24) is 9.55 Å². The Hall–Kier alpha value is 0.640. The summed E-state index contributed by atoms with van der Waals surface area (Å²) in [6, 6.07) is 1.27. The van der Waals surface area contributed by atoms with Gasteiger partial charge in [0.2, 0.25) is 0 Å². The third-order valence-electron chi connectivity index (χ3n) is 11.2. The minimum absolute atomic E-state index is 0. The van der Waals surface area contributed by atoms with Gasteiger partial charge in [0, 0.05) is 18.4 Å². The second kappa shape index (κ2) is 40.3. The number of phosphoric acid groups is 2. The molecule has 3 unspecified atom stereocenters. The van der Waals surface area contributed by atoms with Crippen LogP contribution in [0.2, 0.25) is 0 Å².